The molecule has 2 rings (SSSR count). The molecule has 2 heterocycles. The molecule has 1 fully saturated rings. The number of allylic oxidation sites excluding steroid dienone is 2. The average Bonchev–Trinajstić information content (AvgIpc) is 2.39. The van der Waals surface area contributed by atoms with Crippen LogP contribution in [0.25, 0.3) is 5.57 Å². The average molecular weight is 231 g/mol. The molecule has 0 bridgehead atoms. The zero-order chi connectivity index (χ0) is 12.3. The largest absolute Gasteiger partial charge is 0.354 e. The molecule has 1 aliphatic heterocycles. The first-order chi connectivity index (χ1) is 8.20. The predicted molar refractivity (Wildman–Crippen MR) is 73.3 cm³/mol. The van der Waals surface area contributed by atoms with E-state index >= 15 is 0 Å². The fourth-order valence-electron chi connectivity index (χ4n) is 2.00. The van der Waals surface area contributed by atoms with Gasteiger partial charge in [0.25, 0.3) is 0 Å². The number of hydrogen-bond acceptors (Lipinski definition) is 3. The number of pyridine rings is 1. The molecule has 3 nitrogen and oxygen atoms in total. The normalized spacial score (nSPS) is 18.5. The van der Waals surface area contributed by atoms with Gasteiger partial charge in [-0.05, 0) is 38.6 Å². The molecule has 3 heteroatoms. The van der Waals surface area contributed by atoms with E-state index in [0.29, 0.717) is 0 Å². The van der Waals surface area contributed by atoms with Gasteiger partial charge >= 0.3 is 0 Å². The first-order valence-corrected chi connectivity index (χ1v) is 6.24. The molecular weight excluding hydrogens is 210 g/mol. The van der Waals surface area contributed by atoms with Crippen LogP contribution in [0.4, 0.5) is 5.82 Å². The summed E-state index contributed by atoms with van der Waals surface area (Å²) >= 11 is 0. The van der Waals surface area contributed by atoms with Crippen LogP contribution in [0.1, 0.15) is 19.5 Å². The Morgan fingerprint density at radius 1 is 1.24 bits per heavy atom. The smallest absolute Gasteiger partial charge is 0.129 e. The molecule has 1 aliphatic rings. The lowest BCUT2D eigenvalue weighted by Crippen LogP contribution is -2.44. The van der Waals surface area contributed by atoms with Crippen LogP contribution in [0.3, 0.4) is 0 Å². The summed E-state index contributed by atoms with van der Waals surface area (Å²) in [5.41, 5.74) is 2.32. The molecule has 92 valence electrons. The van der Waals surface area contributed by atoms with Crippen LogP contribution in [0.2, 0.25) is 0 Å². The van der Waals surface area contributed by atoms with Crippen molar-refractivity contribution < 1.29 is 0 Å². The van der Waals surface area contributed by atoms with Crippen molar-refractivity contribution in [2.24, 2.45) is 0 Å². The van der Waals surface area contributed by atoms with E-state index < -0.39 is 0 Å². The third kappa shape index (κ3) is 2.86. The lowest BCUT2D eigenvalue weighted by atomic mass is 10.2. The highest BCUT2D eigenvalue weighted by molar-refractivity contribution is 5.61. The third-order valence-electron chi connectivity index (χ3n) is 3.40. The quantitative estimate of drug-likeness (QED) is 0.778. The van der Waals surface area contributed by atoms with Crippen molar-refractivity contribution in [2.45, 2.75) is 13.8 Å². The summed E-state index contributed by atoms with van der Waals surface area (Å²) in [6.45, 7) is 8.54. The molecule has 0 saturated carbocycles. The van der Waals surface area contributed by atoms with Crippen molar-refractivity contribution in [2.75, 3.05) is 38.1 Å². The molecule has 17 heavy (non-hydrogen) atoms. The molecule has 0 atom stereocenters. The molecule has 1 saturated heterocycles. The molecular formula is C14H21N3. The Hall–Kier alpha value is -1.35. The van der Waals surface area contributed by atoms with Crippen molar-refractivity contribution in [3.63, 3.8) is 0 Å². The highest BCUT2D eigenvalue weighted by Crippen LogP contribution is 2.17. The highest BCUT2D eigenvalue weighted by atomic mass is 15.3. The van der Waals surface area contributed by atoms with Crippen molar-refractivity contribution in [1.29, 1.82) is 0 Å². The minimum absolute atomic E-state index is 1.07. The predicted octanol–water partition coefficient (Wildman–Crippen LogP) is 2.26. The van der Waals surface area contributed by atoms with Crippen LogP contribution in [0.15, 0.2) is 24.3 Å². The van der Waals surface area contributed by atoms with E-state index in [9.17, 15) is 0 Å². The van der Waals surface area contributed by atoms with E-state index in [2.05, 4.69) is 55.0 Å². The van der Waals surface area contributed by atoms with Gasteiger partial charge in [-0.15, -0.1) is 0 Å². The van der Waals surface area contributed by atoms with E-state index in [1.165, 1.54) is 5.57 Å². The summed E-state index contributed by atoms with van der Waals surface area (Å²) in [6.07, 6.45) is 2.11. The maximum Gasteiger partial charge on any atom is 0.129 e. The maximum absolute atomic E-state index is 4.73. The third-order valence-corrected chi connectivity index (χ3v) is 3.40. The second-order valence-electron chi connectivity index (χ2n) is 4.64. The number of hydrogen-bond donors (Lipinski definition) is 0. The van der Waals surface area contributed by atoms with Gasteiger partial charge < -0.3 is 9.80 Å². The second-order valence-corrected chi connectivity index (χ2v) is 4.64. The molecule has 0 spiro atoms. The molecule has 1 aromatic heterocycles. The number of aromatic nitrogens is 1. The maximum atomic E-state index is 4.73. The molecule has 0 aliphatic carbocycles. The van der Waals surface area contributed by atoms with Crippen LogP contribution < -0.4 is 4.90 Å². The van der Waals surface area contributed by atoms with Gasteiger partial charge in [0.05, 0.1) is 5.69 Å². The van der Waals surface area contributed by atoms with E-state index in [1.54, 1.807) is 0 Å². The van der Waals surface area contributed by atoms with Crippen LogP contribution in [0.5, 0.6) is 0 Å². The van der Waals surface area contributed by atoms with E-state index in [4.69, 9.17) is 4.98 Å². The van der Waals surface area contributed by atoms with Gasteiger partial charge in [0.2, 0.25) is 0 Å². The first kappa shape index (κ1) is 12.1. The molecule has 0 radical (unpaired) electrons. The molecule has 0 unspecified atom stereocenters. The monoisotopic (exact) mass is 231 g/mol. The minimum Gasteiger partial charge on any atom is -0.354 e. The Labute approximate surface area is 104 Å². The van der Waals surface area contributed by atoms with Crippen LogP contribution >= 0.6 is 0 Å². The van der Waals surface area contributed by atoms with Crippen molar-refractivity contribution >= 4 is 11.4 Å². The van der Waals surface area contributed by atoms with Gasteiger partial charge in [0.15, 0.2) is 0 Å². The van der Waals surface area contributed by atoms with Gasteiger partial charge in [-0.2, -0.15) is 0 Å². The lowest BCUT2D eigenvalue weighted by Gasteiger charge is -2.33. The Kier molecular flexibility index (Phi) is 3.79. The van der Waals surface area contributed by atoms with Gasteiger partial charge in [-0.1, -0.05) is 12.1 Å². The molecule has 0 N–H and O–H groups in total. The Balaban J connectivity index is 2.16. The van der Waals surface area contributed by atoms with Gasteiger partial charge in [0, 0.05) is 26.2 Å². The summed E-state index contributed by atoms with van der Waals surface area (Å²) < 4.78 is 0. The lowest BCUT2D eigenvalue weighted by molar-refractivity contribution is 0.312. The van der Waals surface area contributed by atoms with Crippen LogP contribution in [0, 0.1) is 0 Å². The van der Waals surface area contributed by atoms with Crippen LogP contribution in [-0.4, -0.2) is 43.1 Å². The molecule has 0 aromatic carbocycles. The molecule has 0 amide bonds. The standard InChI is InChI=1S/C14H21N3/c1-4-12(2)13-6-5-7-14(15-13)17-10-8-16(3)9-11-17/h4-7H,8-11H2,1-3H3. The molecule has 1 aromatic rings. The first-order valence-electron chi connectivity index (χ1n) is 6.24. The summed E-state index contributed by atoms with van der Waals surface area (Å²) in [5.74, 6) is 1.11. The van der Waals surface area contributed by atoms with E-state index in [-0.39, 0.29) is 0 Å². The summed E-state index contributed by atoms with van der Waals surface area (Å²) in [4.78, 5) is 9.46. The number of nitrogens with zero attached hydrogens (tertiary/aromatic N) is 3. The number of likely N-dealkylation sites (N-methyl/N-ethyl adjacent to an activating group) is 1. The fourth-order valence-corrected chi connectivity index (χ4v) is 2.00. The van der Waals surface area contributed by atoms with Gasteiger partial charge in [-0.25, -0.2) is 4.98 Å². The second kappa shape index (κ2) is 5.32. The zero-order valence-corrected chi connectivity index (χ0v) is 11.0. The number of piperazine rings is 1. The summed E-state index contributed by atoms with van der Waals surface area (Å²) in [7, 11) is 2.17. The summed E-state index contributed by atoms with van der Waals surface area (Å²) in [6, 6.07) is 6.29. The Morgan fingerprint density at radius 2 is 1.94 bits per heavy atom. The van der Waals surface area contributed by atoms with E-state index in [0.717, 1.165) is 37.7 Å². The summed E-state index contributed by atoms with van der Waals surface area (Å²) in [5, 5.41) is 0. The highest BCUT2D eigenvalue weighted by Gasteiger charge is 2.15. The zero-order valence-electron chi connectivity index (χ0n) is 11.0. The van der Waals surface area contributed by atoms with Crippen molar-refractivity contribution in [3.8, 4) is 0 Å². The minimum atomic E-state index is 1.07. The Morgan fingerprint density at radius 3 is 2.59 bits per heavy atom. The van der Waals surface area contributed by atoms with E-state index in [1.807, 2.05) is 0 Å². The van der Waals surface area contributed by atoms with Gasteiger partial charge in [-0.3, -0.25) is 0 Å². The van der Waals surface area contributed by atoms with Gasteiger partial charge in [0.1, 0.15) is 5.82 Å². The topological polar surface area (TPSA) is 19.4 Å². The number of rotatable bonds is 2. The van der Waals surface area contributed by atoms with Crippen LogP contribution in [-0.2, 0) is 0 Å². The fraction of sp³-hybridized carbons (Fsp3) is 0.500. The number of anilines is 1. The van der Waals surface area contributed by atoms with Crippen molar-refractivity contribution in [3.05, 3.63) is 30.0 Å². The SMILES string of the molecule is CC=C(C)c1cccc(N2CCN(C)CC2)n1. The van der Waals surface area contributed by atoms with Crippen molar-refractivity contribution in [1.82, 2.24) is 9.88 Å². The Bertz CT molecular complexity index is 404.